The van der Waals surface area contributed by atoms with Crippen molar-refractivity contribution in [3.8, 4) is 11.1 Å². The third-order valence-electron chi connectivity index (χ3n) is 6.80. The van der Waals surface area contributed by atoms with Crippen molar-refractivity contribution in [2.24, 2.45) is 0 Å². The average Bonchev–Trinajstić information content (AvgIpc) is 3.38. The Morgan fingerprint density at radius 1 is 1.11 bits per heavy atom. The van der Waals surface area contributed by atoms with Gasteiger partial charge in [0, 0.05) is 55.5 Å². The fourth-order valence-electron chi connectivity index (χ4n) is 4.86. The van der Waals surface area contributed by atoms with E-state index in [0.29, 0.717) is 43.4 Å². The smallest absolute Gasteiger partial charge is 0.231 e. The molecule has 37 heavy (non-hydrogen) atoms. The molecule has 2 aromatic heterocycles. The monoisotopic (exact) mass is 520 g/mol. The van der Waals surface area contributed by atoms with Gasteiger partial charge in [-0.25, -0.2) is 9.37 Å². The minimum atomic E-state index is -0.297. The molecule has 1 aliphatic heterocycles. The molecule has 0 bridgehead atoms. The second kappa shape index (κ2) is 10.9. The molecule has 192 valence electrons. The first kappa shape index (κ1) is 25.2. The summed E-state index contributed by atoms with van der Waals surface area (Å²) in [6, 6.07) is 14.3. The van der Waals surface area contributed by atoms with Crippen LogP contribution in [0.25, 0.3) is 22.2 Å². The minimum absolute atomic E-state index is 0.101. The lowest BCUT2D eigenvalue weighted by molar-refractivity contribution is -0.133. The van der Waals surface area contributed by atoms with Gasteiger partial charge in [-0.1, -0.05) is 49.7 Å². The van der Waals surface area contributed by atoms with Crippen molar-refractivity contribution in [2.75, 3.05) is 37.6 Å². The molecule has 1 amide bonds. The summed E-state index contributed by atoms with van der Waals surface area (Å²) in [5.41, 5.74) is 4.18. The zero-order valence-corrected chi connectivity index (χ0v) is 21.7. The predicted octanol–water partition coefficient (Wildman–Crippen LogP) is 4.85. The number of pyridine rings is 1. The van der Waals surface area contributed by atoms with Crippen LogP contribution in [0.2, 0.25) is 5.02 Å². The van der Waals surface area contributed by atoms with E-state index in [1.165, 1.54) is 12.1 Å². The van der Waals surface area contributed by atoms with E-state index in [1.54, 1.807) is 18.5 Å². The molecular weight excluding hydrogens is 491 g/mol. The van der Waals surface area contributed by atoms with Gasteiger partial charge in [0.15, 0.2) is 5.65 Å². The molecule has 0 aliphatic carbocycles. The van der Waals surface area contributed by atoms with Crippen LogP contribution in [0.4, 0.5) is 10.1 Å². The van der Waals surface area contributed by atoms with Gasteiger partial charge in [0.05, 0.1) is 23.2 Å². The molecule has 1 fully saturated rings. The highest BCUT2D eigenvalue weighted by Crippen LogP contribution is 2.37. The number of amides is 1. The number of anilines is 1. The normalized spacial score (nSPS) is 14.9. The van der Waals surface area contributed by atoms with Gasteiger partial charge in [0.2, 0.25) is 5.91 Å². The summed E-state index contributed by atoms with van der Waals surface area (Å²) in [6.07, 6.45) is 3.52. The Morgan fingerprint density at radius 2 is 1.86 bits per heavy atom. The Morgan fingerprint density at radius 3 is 2.57 bits per heavy atom. The number of aromatic nitrogens is 3. The quantitative estimate of drug-likeness (QED) is 0.364. The summed E-state index contributed by atoms with van der Waals surface area (Å²) in [5, 5.41) is 12.1. The molecule has 2 aromatic carbocycles. The fourth-order valence-corrected chi connectivity index (χ4v) is 4.99. The number of nitrogens with zero attached hydrogens (tertiary/aromatic N) is 4. The summed E-state index contributed by atoms with van der Waals surface area (Å²) < 4.78 is 14.1. The molecule has 7 nitrogen and oxygen atoms in total. The van der Waals surface area contributed by atoms with Gasteiger partial charge in [-0.2, -0.15) is 5.10 Å². The molecule has 1 saturated heterocycles. The van der Waals surface area contributed by atoms with E-state index in [9.17, 15) is 9.18 Å². The highest BCUT2D eigenvalue weighted by atomic mass is 35.5. The van der Waals surface area contributed by atoms with Gasteiger partial charge in [-0.15, -0.1) is 0 Å². The van der Waals surface area contributed by atoms with Crippen molar-refractivity contribution in [3.05, 3.63) is 77.3 Å². The van der Waals surface area contributed by atoms with E-state index in [2.05, 4.69) is 39.2 Å². The molecular formula is C28H30ClFN6O. The van der Waals surface area contributed by atoms with E-state index >= 15 is 0 Å². The second-order valence-electron chi connectivity index (χ2n) is 9.64. The maximum absolute atomic E-state index is 14.1. The van der Waals surface area contributed by atoms with Crippen molar-refractivity contribution >= 4 is 34.2 Å². The SMILES string of the molecule is CC(C)NC[C@@H](C(=O)N1CCN(c2c(-c3cccc(F)c3)cnc3[nH]ncc23)CC1)c1ccc(Cl)cc1. The standard InChI is InChI=1S/C28H30ClFN6O/c1-18(2)31-16-24(19-6-8-21(29)9-7-19)28(37)36-12-10-35(11-13-36)26-23(20-4-3-5-22(30)14-20)15-32-27-25(26)17-33-34-27/h3-9,14-15,17-18,24,31H,10-13,16H2,1-2H3,(H,32,33,34)/t24-/m1/s1. The summed E-state index contributed by atoms with van der Waals surface area (Å²) in [7, 11) is 0. The van der Waals surface area contributed by atoms with Crippen LogP contribution in [0, 0.1) is 5.82 Å². The van der Waals surface area contributed by atoms with Gasteiger partial charge in [-0.05, 0) is 35.4 Å². The van der Waals surface area contributed by atoms with E-state index < -0.39 is 0 Å². The van der Waals surface area contributed by atoms with Crippen LogP contribution in [-0.4, -0.2) is 64.8 Å². The number of H-pyrrole nitrogens is 1. The average molecular weight is 521 g/mol. The number of aromatic amines is 1. The van der Waals surface area contributed by atoms with Crippen molar-refractivity contribution in [1.82, 2.24) is 25.4 Å². The van der Waals surface area contributed by atoms with E-state index in [-0.39, 0.29) is 23.7 Å². The molecule has 0 spiro atoms. The lowest BCUT2D eigenvalue weighted by Gasteiger charge is -2.38. The third-order valence-corrected chi connectivity index (χ3v) is 7.05. The van der Waals surface area contributed by atoms with Crippen molar-refractivity contribution in [1.29, 1.82) is 0 Å². The number of hydrogen-bond acceptors (Lipinski definition) is 5. The Hall–Kier alpha value is -3.49. The lowest BCUT2D eigenvalue weighted by Crippen LogP contribution is -2.51. The van der Waals surface area contributed by atoms with Crippen LogP contribution in [0.15, 0.2) is 60.9 Å². The molecule has 0 saturated carbocycles. The molecule has 1 aliphatic rings. The third kappa shape index (κ3) is 5.45. The van der Waals surface area contributed by atoms with Crippen LogP contribution in [0.3, 0.4) is 0 Å². The maximum atomic E-state index is 14.1. The number of fused-ring (bicyclic) bond motifs is 1. The molecule has 0 radical (unpaired) electrons. The second-order valence-corrected chi connectivity index (χ2v) is 10.1. The van der Waals surface area contributed by atoms with Crippen LogP contribution in [-0.2, 0) is 4.79 Å². The first-order valence-corrected chi connectivity index (χ1v) is 12.9. The largest absolute Gasteiger partial charge is 0.367 e. The molecule has 3 heterocycles. The van der Waals surface area contributed by atoms with Gasteiger partial charge in [-0.3, -0.25) is 9.89 Å². The number of benzene rings is 2. The van der Waals surface area contributed by atoms with Crippen LogP contribution < -0.4 is 10.2 Å². The summed E-state index contributed by atoms with van der Waals surface area (Å²) in [6.45, 7) is 7.14. The topological polar surface area (TPSA) is 77.2 Å². The molecule has 1 atom stereocenters. The summed E-state index contributed by atoms with van der Waals surface area (Å²) in [4.78, 5) is 22.4. The number of rotatable bonds is 7. The molecule has 5 rings (SSSR count). The highest BCUT2D eigenvalue weighted by molar-refractivity contribution is 6.30. The van der Waals surface area contributed by atoms with Gasteiger partial charge >= 0.3 is 0 Å². The lowest BCUT2D eigenvalue weighted by atomic mass is 9.96. The Kier molecular flexibility index (Phi) is 7.39. The van der Waals surface area contributed by atoms with E-state index in [1.807, 2.05) is 35.2 Å². The Bertz CT molecular complexity index is 1380. The zero-order chi connectivity index (χ0) is 25.9. The highest BCUT2D eigenvalue weighted by Gasteiger charge is 2.30. The van der Waals surface area contributed by atoms with Crippen molar-refractivity contribution in [3.63, 3.8) is 0 Å². The summed E-state index contributed by atoms with van der Waals surface area (Å²) in [5.74, 6) is -0.492. The fraction of sp³-hybridized carbons (Fsp3) is 0.321. The van der Waals surface area contributed by atoms with E-state index in [0.717, 1.165) is 27.8 Å². The molecule has 2 N–H and O–H groups in total. The van der Waals surface area contributed by atoms with Crippen LogP contribution >= 0.6 is 11.6 Å². The number of hydrogen-bond donors (Lipinski definition) is 2. The van der Waals surface area contributed by atoms with Crippen molar-refractivity contribution in [2.45, 2.75) is 25.8 Å². The summed E-state index contributed by atoms with van der Waals surface area (Å²) >= 11 is 6.10. The van der Waals surface area contributed by atoms with Gasteiger partial charge in [0.1, 0.15) is 5.82 Å². The van der Waals surface area contributed by atoms with Crippen molar-refractivity contribution < 1.29 is 9.18 Å². The minimum Gasteiger partial charge on any atom is -0.367 e. The number of nitrogens with one attached hydrogen (secondary N) is 2. The number of carbonyl (C=O) groups excluding carboxylic acids is 1. The van der Waals surface area contributed by atoms with E-state index in [4.69, 9.17) is 11.6 Å². The maximum Gasteiger partial charge on any atom is 0.231 e. The van der Waals surface area contributed by atoms with Gasteiger partial charge < -0.3 is 15.1 Å². The number of halogens is 2. The first-order valence-electron chi connectivity index (χ1n) is 12.5. The van der Waals surface area contributed by atoms with Gasteiger partial charge in [0.25, 0.3) is 0 Å². The molecule has 9 heteroatoms. The van der Waals surface area contributed by atoms with Crippen LogP contribution in [0.1, 0.15) is 25.3 Å². The molecule has 0 unspecified atom stereocenters. The number of carbonyl (C=O) groups is 1. The number of piperazine rings is 1. The molecule has 4 aromatic rings. The zero-order valence-electron chi connectivity index (χ0n) is 20.9. The first-order chi connectivity index (χ1) is 17.9. The van der Waals surface area contributed by atoms with Crippen LogP contribution in [0.5, 0.6) is 0 Å². The Balaban J connectivity index is 1.39. The predicted molar refractivity (Wildman–Crippen MR) is 145 cm³/mol. The Labute approximate surface area is 220 Å².